The van der Waals surface area contributed by atoms with Gasteiger partial charge >= 0.3 is 0 Å². The minimum absolute atomic E-state index is 0.0512. The molecule has 2 N–H and O–H groups in total. The number of hydrogen-bond donors (Lipinski definition) is 2. The lowest BCUT2D eigenvalue weighted by Crippen LogP contribution is -2.38. The van der Waals surface area contributed by atoms with Crippen LogP contribution < -0.4 is 14.3 Å². The molecular weight excluding hydrogens is 565 g/mol. The zero-order valence-electron chi connectivity index (χ0n) is 20.5. The Hall–Kier alpha value is -3.93. The normalized spacial score (nSPS) is 11.6. The van der Waals surface area contributed by atoms with Crippen LogP contribution in [-0.2, 0) is 24.8 Å². The molecule has 0 bridgehead atoms. The molecule has 0 fully saturated rings. The number of hydrogen-bond acceptors (Lipinski definition) is 5. The number of benzene rings is 4. The SMILES string of the molecule is Cc1c(Cl)cccc1NS(=O)(=O)c1ccc(NC(=O)CN(c2ccccc2)S(=O)(=O)c2ccc(F)cc2)cc1. The van der Waals surface area contributed by atoms with Gasteiger partial charge in [-0.2, -0.15) is 0 Å². The van der Waals surface area contributed by atoms with Crippen molar-refractivity contribution in [1.82, 2.24) is 0 Å². The highest BCUT2D eigenvalue weighted by atomic mass is 35.5. The van der Waals surface area contributed by atoms with Crippen molar-refractivity contribution in [3.8, 4) is 0 Å². The Labute approximate surface area is 231 Å². The second-order valence-electron chi connectivity index (χ2n) is 8.39. The van der Waals surface area contributed by atoms with Crippen LogP contribution >= 0.6 is 11.6 Å². The number of sulfonamides is 2. The summed E-state index contributed by atoms with van der Waals surface area (Å²) in [4.78, 5) is 12.7. The maximum Gasteiger partial charge on any atom is 0.264 e. The largest absolute Gasteiger partial charge is 0.325 e. The molecule has 4 aromatic rings. The first-order chi connectivity index (χ1) is 18.5. The summed E-state index contributed by atoms with van der Waals surface area (Å²) in [6.07, 6.45) is 0. The Balaban J connectivity index is 1.52. The fourth-order valence-electron chi connectivity index (χ4n) is 3.61. The summed E-state index contributed by atoms with van der Waals surface area (Å²) in [5, 5.41) is 3.00. The Kier molecular flexibility index (Phi) is 8.24. The molecule has 0 heterocycles. The van der Waals surface area contributed by atoms with E-state index in [1.165, 1.54) is 36.4 Å². The number of rotatable bonds is 9. The fourth-order valence-corrected chi connectivity index (χ4v) is 6.33. The highest BCUT2D eigenvalue weighted by molar-refractivity contribution is 7.93. The minimum atomic E-state index is -4.21. The lowest BCUT2D eigenvalue weighted by molar-refractivity contribution is -0.114. The summed E-state index contributed by atoms with van der Waals surface area (Å²) in [6, 6.07) is 22.5. The Morgan fingerprint density at radius 3 is 2.08 bits per heavy atom. The quantitative estimate of drug-likeness (QED) is 0.271. The molecule has 202 valence electrons. The van der Waals surface area contributed by atoms with Crippen LogP contribution in [0.25, 0.3) is 0 Å². The molecule has 0 unspecified atom stereocenters. The van der Waals surface area contributed by atoms with Crippen molar-refractivity contribution in [3.63, 3.8) is 0 Å². The molecule has 4 aromatic carbocycles. The highest BCUT2D eigenvalue weighted by Gasteiger charge is 2.27. The van der Waals surface area contributed by atoms with Gasteiger partial charge in [-0.25, -0.2) is 21.2 Å². The molecular formula is C27H23ClFN3O5S2. The average Bonchev–Trinajstić information content (AvgIpc) is 2.91. The Bertz CT molecular complexity index is 1700. The number of carbonyl (C=O) groups excluding carboxylic acids is 1. The Morgan fingerprint density at radius 1 is 0.821 bits per heavy atom. The number of anilines is 3. The van der Waals surface area contributed by atoms with Crippen molar-refractivity contribution >= 4 is 54.6 Å². The van der Waals surface area contributed by atoms with Crippen molar-refractivity contribution < 1.29 is 26.0 Å². The van der Waals surface area contributed by atoms with Gasteiger partial charge in [0.25, 0.3) is 20.0 Å². The predicted molar refractivity (Wildman–Crippen MR) is 149 cm³/mol. The van der Waals surface area contributed by atoms with E-state index in [1.54, 1.807) is 43.3 Å². The summed E-state index contributed by atoms with van der Waals surface area (Å²) in [5.74, 6) is -1.27. The molecule has 0 aliphatic heterocycles. The molecule has 0 aromatic heterocycles. The predicted octanol–water partition coefficient (Wildman–Crippen LogP) is 5.42. The van der Waals surface area contributed by atoms with Gasteiger partial charge in [-0.15, -0.1) is 0 Å². The molecule has 0 saturated heterocycles. The average molecular weight is 588 g/mol. The first kappa shape index (κ1) is 28.1. The number of nitrogens with zero attached hydrogens (tertiary/aromatic N) is 1. The molecule has 39 heavy (non-hydrogen) atoms. The van der Waals surface area contributed by atoms with E-state index in [2.05, 4.69) is 10.0 Å². The number of halogens is 2. The third-order valence-corrected chi connectivity index (χ3v) is 9.27. The van der Waals surface area contributed by atoms with E-state index in [9.17, 15) is 26.0 Å². The lowest BCUT2D eigenvalue weighted by atomic mass is 10.2. The van der Waals surface area contributed by atoms with Gasteiger partial charge in [0.15, 0.2) is 0 Å². The molecule has 0 atom stereocenters. The summed E-state index contributed by atoms with van der Waals surface area (Å²) in [7, 11) is -8.15. The van der Waals surface area contributed by atoms with Gasteiger partial charge in [0, 0.05) is 10.7 Å². The fraction of sp³-hybridized carbons (Fsp3) is 0.0741. The molecule has 0 aliphatic carbocycles. The highest BCUT2D eigenvalue weighted by Crippen LogP contribution is 2.27. The molecule has 1 amide bonds. The summed E-state index contributed by atoms with van der Waals surface area (Å²) in [6.45, 7) is 1.10. The van der Waals surface area contributed by atoms with Crippen molar-refractivity contribution in [3.05, 3.63) is 113 Å². The second-order valence-corrected chi connectivity index (χ2v) is 12.3. The number of nitrogens with one attached hydrogen (secondary N) is 2. The van der Waals surface area contributed by atoms with Crippen LogP contribution in [0.15, 0.2) is 107 Å². The molecule has 0 saturated carbocycles. The van der Waals surface area contributed by atoms with Crippen LogP contribution in [0.3, 0.4) is 0 Å². The minimum Gasteiger partial charge on any atom is -0.325 e. The first-order valence-electron chi connectivity index (χ1n) is 11.5. The van der Waals surface area contributed by atoms with E-state index in [1.807, 2.05) is 0 Å². The zero-order valence-corrected chi connectivity index (χ0v) is 22.9. The van der Waals surface area contributed by atoms with Crippen molar-refractivity contribution in [1.29, 1.82) is 0 Å². The summed E-state index contributed by atoms with van der Waals surface area (Å²) in [5.41, 5.74) is 1.40. The van der Waals surface area contributed by atoms with Gasteiger partial charge in [0.1, 0.15) is 12.4 Å². The molecule has 0 radical (unpaired) electrons. The third-order valence-electron chi connectivity index (χ3n) is 5.69. The van der Waals surface area contributed by atoms with Crippen molar-refractivity contribution in [2.75, 3.05) is 20.9 Å². The van der Waals surface area contributed by atoms with Crippen LogP contribution in [0.4, 0.5) is 21.5 Å². The van der Waals surface area contributed by atoms with E-state index >= 15 is 0 Å². The van der Waals surface area contributed by atoms with Gasteiger partial charge < -0.3 is 5.32 Å². The van der Waals surface area contributed by atoms with Crippen LogP contribution in [-0.4, -0.2) is 29.3 Å². The topological polar surface area (TPSA) is 113 Å². The third kappa shape index (κ3) is 6.56. The van der Waals surface area contributed by atoms with Crippen molar-refractivity contribution in [2.24, 2.45) is 0 Å². The molecule has 0 aliphatic rings. The number of carbonyl (C=O) groups is 1. The molecule has 12 heteroatoms. The number of amides is 1. The van der Waals surface area contributed by atoms with Crippen LogP contribution in [0, 0.1) is 12.7 Å². The van der Waals surface area contributed by atoms with Crippen LogP contribution in [0.1, 0.15) is 5.56 Å². The smallest absolute Gasteiger partial charge is 0.264 e. The van der Waals surface area contributed by atoms with E-state index in [-0.39, 0.29) is 21.2 Å². The molecule has 0 spiro atoms. The monoisotopic (exact) mass is 587 g/mol. The maximum absolute atomic E-state index is 13.4. The van der Waals surface area contributed by atoms with Gasteiger partial charge in [0.2, 0.25) is 5.91 Å². The second kappa shape index (κ2) is 11.4. The van der Waals surface area contributed by atoms with Gasteiger partial charge in [-0.3, -0.25) is 13.8 Å². The van der Waals surface area contributed by atoms with Gasteiger partial charge in [-0.1, -0.05) is 35.9 Å². The Morgan fingerprint density at radius 2 is 1.44 bits per heavy atom. The maximum atomic E-state index is 13.4. The van der Waals surface area contributed by atoms with E-state index in [0.29, 0.717) is 16.3 Å². The van der Waals surface area contributed by atoms with Gasteiger partial charge in [-0.05, 0) is 85.3 Å². The first-order valence-corrected chi connectivity index (χ1v) is 14.8. The van der Waals surface area contributed by atoms with E-state index in [0.717, 1.165) is 28.6 Å². The number of para-hydroxylation sites is 1. The molecule has 4 rings (SSSR count). The lowest BCUT2D eigenvalue weighted by Gasteiger charge is -2.24. The standard InChI is InChI=1S/C27H23ClFN3O5S2/c1-19-25(28)8-5-9-26(19)31-38(34,35)23-16-12-21(13-17-23)30-27(33)18-32(22-6-3-2-4-7-22)39(36,37)24-14-10-20(29)11-15-24/h2-17,31H,18H2,1H3,(H,30,33). The summed E-state index contributed by atoms with van der Waals surface area (Å²) < 4.78 is 69.1. The molecule has 8 nitrogen and oxygen atoms in total. The van der Waals surface area contributed by atoms with Crippen LogP contribution in [0.5, 0.6) is 0 Å². The van der Waals surface area contributed by atoms with Gasteiger partial charge in [0.05, 0.1) is 21.2 Å². The van der Waals surface area contributed by atoms with E-state index < -0.39 is 38.3 Å². The summed E-state index contributed by atoms with van der Waals surface area (Å²) >= 11 is 6.07. The van der Waals surface area contributed by atoms with Crippen molar-refractivity contribution in [2.45, 2.75) is 16.7 Å². The zero-order chi connectivity index (χ0) is 28.2. The van der Waals surface area contributed by atoms with Crippen LogP contribution in [0.2, 0.25) is 5.02 Å². The van der Waals surface area contributed by atoms with E-state index in [4.69, 9.17) is 11.6 Å².